The number of methoxy groups -OCH3 is 1. The van der Waals surface area contributed by atoms with Gasteiger partial charge in [-0.25, -0.2) is 4.39 Å². The van der Waals surface area contributed by atoms with E-state index in [-0.39, 0.29) is 12.4 Å². The van der Waals surface area contributed by atoms with Crippen molar-refractivity contribution in [2.45, 2.75) is 6.61 Å². The van der Waals surface area contributed by atoms with Gasteiger partial charge < -0.3 is 14.7 Å². The van der Waals surface area contributed by atoms with E-state index in [0.717, 1.165) is 0 Å². The lowest BCUT2D eigenvalue weighted by molar-refractivity contribution is -0.135. The molecule has 0 saturated carbocycles. The van der Waals surface area contributed by atoms with Gasteiger partial charge in [0.05, 0.1) is 17.8 Å². The molecular weight excluding hydrogens is 263 g/mol. The van der Waals surface area contributed by atoms with Crippen LogP contribution >= 0.6 is 0 Å². The Kier molecular flexibility index (Phi) is 4.14. The van der Waals surface area contributed by atoms with Gasteiger partial charge in [-0.2, -0.15) is 0 Å². The van der Waals surface area contributed by atoms with Crippen LogP contribution in [0.2, 0.25) is 0 Å². The number of nitrogens with zero attached hydrogens (tertiary/aromatic N) is 2. The minimum absolute atomic E-state index is 0.179. The summed E-state index contributed by atoms with van der Waals surface area (Å²) in [6.45, 7) is 0.128. The standard InChI is InChI=1S/C14H15FN2O3/c1-17(7-14(18)19)13-6-10(8-20-2)16-12-4-3-9(15)5-11(12)13/h3-6H,7-8H2,1-2H3,(H,18,19). The zero-order chi connectivity index (χ0) is 14.7. The van der Waals surface area contributed by atoms with Crippen LogP contribution in [0.15, 0.2) is 24.3 Å². The van der Waals surface area contributed by atoms with Gasteiger partial charge in [0.25, 0.3) is 0 Å². The van der Waals surface area contributed by atoms with Crippen LogP contribution in [0.1, 0.15) is 5.69 Å². The summed E-state index contributed by atoms with van der Waals surface area (Å²) in [5.41, 5.74) is 1.89. The molecule has 0 unspecified atom stereocenters. The Morgan fingerprint density at radius 1 is 1.45 bits per heavy atom. The Balaban J connectivity index is 2.58. The third kappa shape index (κ3) is 3.03. The monoisotopic (exact) mass is 278 g/mol. The molecule has 0 fully saturated rings. The molecule has 106 valence electrons. The number of anilines is 1. The van der Waals surface area contributed by atoms with Crippen LogP contribution in [0.3, 0.4) is 0 Å². The lowest BCUT2D eigenvalue weighted by Crippen LogP contribution is -2.25. The minimum Gasteiger partial charge on any atom is -0.480 e. The summed E-state index contributed by atoms with van der Waals surface area (Å²) in [5, 5.41) is 9.47. The molecule has 0 radical (unpaired) electrons. The summed E-state index contributed by atoms with van der Waals surface area (Å²) in [5.74, 6) is -1.34. The normalized spacial score (nSPS) is 10.8. The molecule has 0 atom stereocenters. The highest BCUT2D eigenvalue weighted by molar-refractivity contribution is 5.93. The van der Waals surface area contributed by atoms with E-state index in [2.05, 4.69) is 4.98 Å². The van der Waals surface area contributed by atoms with Crippen molar-refractivity contribution in [1.29, 1.82) is 0 Å². The number of hydrogen-bond donors (Lipinski definition) is 1. The molecule has 2 rings (SSSR count). The lowest BCUT2D eigenvalue weighted by Gasteiger charge is -2.20. The molecule has 0 spiro atoms. The molecule has 0 aliphatic carbocycles. The van der Waals surface area contributed by atoms with Crippen molar-refractivity contribution in [1.82, 2.24) is 4.98 Å². The van der Waals surface area contributed by atoms with Crippen molar-refractivity contribution < 1.29 is 19.0 Å². The highest BCUT2D eigenvalue weighted by atomic mass is 19.1. The number of halogens is 1. The summed E-state index contributed by atoms with van der Waals surface area (Å²) in [6.07, 6.45) is 0. The Labute approximate surface area is 115 Å². The third-order valence-electron chi connectivity index (χ3n) is 2.88. The number of carboxylic acid groups (broad SMARTS) is 1. The van der Waals surface area contributed by atoms with Gasteiger partial charge in [-0.3, -0.25) is 9.78 Å². The van der Waals surface area contributed by atoms with E-state index in [0.29, 0.717) is 28.9 Å². The highest BCUT2D eigenvalue weighted by Gasteiger charge is 2.13. The fourth-order valence-electron chi connectivity index (χ4n) is 2.06. The van der Waals surface area contributed by atoms with Crippen molar-refractivity contribution in [3.8, 4) is 0 Å². The van der Waals surface area contributed by atoms with Crippen LogP contribution in [0.25, 0.3) is 10.9 Å². The topological polar surface area (TPSA) is 62.7 Å². The second kappa shape index (κ2) is 5.83. The number of ether oxygens (including phenoxy) is 1. The van der Waals surface area contributed by atoms with E-state index in [1.807, 2.05) is 0 Å². The molecule has 20 heavy (non-hydrogen) atoms. The van der Waals surface area contributed by atoms with Crippen LogP contribution in [-0.4, -0.2) is 36.8 Å². The number of carboxylic acids is 1. The number of hydrogen-bond acceptors (Lipinski definition) is 4. The molecule has 5 nitrogen and oxygen atoms in total. The maximum atomic E-state index is 13.4. The molecule has 1 heterocycles. The number of fused-ring (bicyclic) bond motifs is 1. The van der Waals surface area contributed by atoms with Crippen molar-refractivity contribution >= 4 is 22.6 Å². The van der Waals surface area contributed by atoms with Crippen LogP contribution in [0.5, 0.6) is 0 Å². The summed E-state index contributed by atoms with van der Waals surface area (Å²) in [6, 6.07) is 5.97. The Bertz CT molecular complexity index is 646. The largest absolute Gasteiger partial charge is 0.480 e. The van der Waals surface area contributed by atoms with Gasteiger partial charge in [0.1, 0.15) is 12.4 Å². The molecule has 1 aromatic carbocycles. The predicted molar refractivity (Wildman–Crippen MR) is 73.3 cm³/mol. The first-order valence-electron chi connectivity index (χ1n) is 6.02. The zero-order valence-electron chi connectivity index (χ0n) is 11.3. The van der Waals surface area contributed by atoms with E-state index in [1.165, 1.54) is 12.1 Å². The Morgan fingerprint density at radius 2 is 2.20 bits per heavy atom. The van der Waals surface area contributed by atoms with E-state index in [9.17, 15) is 9.18 Å². The number of likely N-dealkylation sites (N-methyl/N-ethyl adjacent to an activating group) is 1. The van der Waals surface area contributed by atoms with Crippen molar-refractivity contribution in [2.75, 3.05) is 25.6 Å². The van der Waals surface area contributed by atoms with Crippen LogP contribution < -0.4 is 4.90 Å². The van der Waals surface area contributed by atoms with Gasteiger partial charge in [-0.1, -0.05) is 0 Å². The third-order valence-corrected chi connectivity index (χ3v) is 2.88. The van der Waals surface area contributed by atoms with Gasteiger partial charge in [-0.05, 0) is 24.3 Å². The second-order valence-electron chi connectivity index (χ2n) is 4.48. The van der Waals surface area contributed by atoms with E-state index in [1.54, 1.807) is 31.2 Å². The summed E-state index contributed by atoms with van der Waals surface area (Å²) >= 11 is 0. The van der Waals surface area contributed by atoms with Crippen molar-refractivity contribution in [3.05, 3.63) is 35.8 Å². The molecule has 0 aliphatic rings. The summed E-state index contributed by atoms with van der Waals surface area (Å²) < 4.78 is 18.4. The van der Waals surface area contributed by atoms with Crippen LogP contribution in [0, 0.1) is 5.82 Å². The SMILES string of the molecule is COCc1cc(N(C)CC(=O)O)c2cc(F)ccc2n1. The molecule has 1 aromatic heterocycles. The minimum atomic E-state index is -0.956. The summed E-state index contributed by atoms with van der Waals surface area (Å²) in [7, 11) is 3.20. The van der Waals surface area contributed by atoms with Gasteiger partial charge >= 0.3 is 5.97 Å². The number of pyridine rings is 1. The molecule has 0 aliphatic heterocycles. The summed E-state index contributed by atoms with van der Waals surface area (Å²) in [4.78, 5) is 16.7. The highest BCUT2D eigenvalue weighted by Crippen LogP contribution is 2.27. The average molecular weight is 278 g/mol. The van der Waals surface area contributed by atoms with E-state index >= 15 is 0 Å². The Hall–Kier alpha value is -2.21. The quantitative estimate of drug-likeness (QED) is 0.906. The fraction of sp³-hybridized carbons (Fsp3) is 0.286. The van der Waals surface area contributed by atoms with Gasteiger partial charge in [0.2, 0.25) is 0 Å². The van der Waals surface area contributed by atoms with Crippen LogP contribution in [-0.2, 0) is 16.1 Å². The average Bonchev–Trinajstić information content (AvgIpc) is 2.37. The first kappa shape index (κ1) is 14.2. The maximum absolute atomic E-state index is 13.4. The Morgan fingerprint density at radius 3 is 2.85 bits per heavy atom. The number of aromatic nitrogens is 1. The first-order chi connectivity index (χ1) is 9.51. The molecule has 1 N–H and O–H groups in total. The van der Waals surface area contributed by atoms with E-state index in [4.69, 9.17) is 9.84 Å². The zero-order valence-corrected chi connectivity index (χ0v) is 11.3. The molecule has 0 amide bonds. The number of rotatable bonds is 5. The maximum Gasteiger partial charge on any atom is 0.323 e. The number of benzene rings is 1. The van der Waals surface area contributed by atoms with Gasteiger partial charge in [-0.15, -0.1) is 0 Å². The molecule has 6 heteroatoms. The lowest BCUT2D eigenvalue weighted by atomic mass is 10.1. The fourth-order valence-corrected chi connectivity index (χ4v) is 2.06. The first-order valence-corrected chi connectivity index (χ1v) is 6.02. The molecule has 0 bridgehead atoms. The smallest absolute Gasteiger partial charge is 0.323 e. The van der Waals surface area contributed by atoms with Gasteiger partial charge in [0.15, 0.2) is 0 Å². The number of aliphatic carboxylic acids is 1. The molecule has 0 saturated heterocycles. The second-order valence-corrected chi connectivity index (χ2v) is 4.48. The van der Waals surface area contributed by atoms with Gasteiger partial charge in [0, 0.05) is 25.2 Å². The predicted octanol–water partition coefficient (Wildman–Crippen LogP) is 2.04. The van der Waals surface area contributed by atoms with Crippen LogP contribution in [0.4, 0.5) is 10.1 Å². The number of carbonyl (C=O) groups is 1. The van der Waals surface area contributed by atoms with E-state index < -0.39 is 5.97 Å². The molecular formula is C14H15FN2O3. The van der Waals surface area contributed by atoms with Crippen molar-refractivity contribution in [2.24, 2.45) is 0 Å². The van der Waals surface area contributed by atoms with Crippen molar-refractivity contribution in [3.63, 3.8) is 0 Å². The molecule has 2 aromatic rings.